The normalized spacial score (nSPS) is 10.4. The van der Waals surface area contributed by atoms with Gasteiger partial charge in [0.15, 0.2) is 0 Å². The molecule has 0 spiro atoms. The van der Waals surface area contributed by atoms with Crippen LogP contribution < -0.4 is 16.6 Å². The van der Waals surface area contributed by atoms with Crippen LogP contribution in [0.3, 0.4) is 0 Å². The highest BCUT2D eigenvalue weighted by Gasteiger charge is 2.07. The molecule has 4 N–H and O–H groups in total. The van der Waals surface area contributed by atoms with Gasteiger partial charge in [-0.2, -0.15) is 0 Å². The van der Waals surface area contributed by atoms with Crippen molar-refractivity contribution in [1.82, 2.24) is 9.97 Å². The molecule has 1 heterocycles. The van der Waals surface area contributed by atoms with E-state index in [-0.39, 0.29) is 0 Å². The molecule has 0 saturated carbocycles. The molecular weight excluding hydrogens is 342 g/mol. The van der Waals surface area contributed by atoms with Gasteiger partial charge in [0.1, 0.15) is 17.5 Å². The van der Waals surface area contributed by atoms with Crippen LogP contribution in [-0.4, -0.2) is 9.97 Å². The zero-order chi connectivity index (χ0) is 14.5. The molecule has 20 heavy (non-hydrogen) atoms. The summed E-state index contributed by atoms with van der Waals surface area (Å²) >= 11 is 9.51. The van der Waals surface area contributed by atoms with E-state index in [9.17, 15) is 0 Å². The van der Waals surface area contributed by atoms with Crippen molar-refractivity contribution in [3.63, 3.8) is 0 Å². The number of aromatic nitrogens is 2. The summed E-state index contributed by atoms with van der Waals surface area (Å²) in [6.07, 6.45) is 1.76. The van der Waals surface area contributed by atoms with Crippen LogP contribution in [-0.2, 0) is 6.42 Å². The van der Waals surface area contributed by atoms with Gasteiger partial charge in [-0.3, -0.25) is 0 Å². The van der Waals surface area contributed by atoms with Crippen LogP contribution in [0.2, 0.25) is 5.02 Å². The predicted octanol–water partition coefficient (Wildman–Crippen LogP) is 3.87. The van der Waals surface area contributed by atoms with Crippen LogP contribution in [0, 0.1) is 0 Å². The van der Waals surface area contributed by atoms with Gasteiger partial charge in [0.25, 0.3) is 0 Å². The van der Waals surface area contributed by atoms with Crippen LogP contribution in [0.25, 0.3) is 0 Å². The molecule has 7 heteroatoms. The highest BCUT2D eigenvalue weighted by molar-refractivity contribution is 9.10. The Hall–Kier alpha value is -1.37. The number of nitrogens with zero attached hydrogens (tertiary/aromatic N) is 2. The maximum Gasteiger partial charge on any atom is 0.145 e. The van der Waals surface area contributed by atoms with Gasteiger partial charge in [0.2, 0.25) is 0 Å². The smallest absolute Gasteiger partial charge is 0.145 e. The van der Waals surface area contributed by atoms with Crippen LogP contribution in [0.1, 0.15) is 19.2 Å². The first kappa shape index (κ1) is 15.0. The summed E-state index contributed by atoms with van der Waals surface area (Å²) in [5.74, 6) is 7.41. The van der Waals surface area contributed by atoms with E-state index in [2.05, 4.69) is 43.6 Å². The third kappa shape index (κ3) is 3.59. The maximum atomic E-state index is 6.07. The number of halogens is 2. The third-order valence-electron chi connectivity index (χ3n) is 2.61. The summed E-state index contributed by atoms with van der Waals surface area (Å²) in [6, 6.07) is 7.33. The molecule has 0 unspecified atom stereocenters. The van der Waals surface area contributed by atoms with Crippen LogP contribution >= 0.6 is 27.5 Å². The Kier molecular flexibility index (Phi) is 5.17. The Balaban J connectivity index is 2.32. The number of nitrogens with one attached hydrogen (secondary N) is 2. The lowest BCUT2D eigenvalue weighted by atomic mass is 10.3. The van der Waals surface area contributed by atoms with Crippen molar-refractivity contribution in [2.75, 3.05) is 10.7 Å². The number of aryl methyl sites for hydroxylation is 1. The molecule has 0 fully saturated rings. The Morgan fingerprint density at radius 3 is 2.75 bits per heavy atom. The number of rotatable bonds is 5. The SMILES string of the molecule is CCCc1nc(NN)cc(Nc2cccc(Cl)c2Br)n1. The fourth-order valence-electron chi connectivity index (χ4n) is 1.71. The van der Waals surface area contributed by atoms with Gasteiger partial charge in [-0.25, -0.2) is 15.8 Å². The largest absolute Gasteiger partial charge is 0.339 e. The fourth-order valence-corrected chi connectivity index (χ4v) is 2.25. The molecule has 0 saturated heterocycles. The molecule has 0 radical (unpaired) electrons. The van der Waals surface area contributed by atoms with E-state index in [0.29, 0.717) is 16.7 Å². The number of anilines is 3. The Bertz CT molecular complexity index is 605. The molecule has 2 aromatic rings. The second-order valence-electron chi connectivity index (χ2n) is 4.18. The quantitative estimate of drug-likeness (QED) is 0.560. The number of hydrogen-bond donors (Lipinski definition) is 3. The highest BCUT2D eigenvalue weighted by atomic mass is 79.9. The standard InChI is InChI=1S/C13H15BrClN5/c1-2-4-10-18-11(7-12(19-10)20-16)17-9-6-3-5-8(15)13(9)14/h3,5-7H,2,4,16H2,1H3,(H2,17,18,19,20). The molecule has 0 aliphatic rings. The number of benzene rings is 1. The van der Waals surface area contributed by atoms with Crippen LogP contribution in [0.5, 0.6) is 0 Å². The zero-order valence-corrected chi connectivity index (χ0v) is 13.3. The fraction of sp³-hybridized carbons (Fsp3) is 0.231. The monoisotopic (exact) mass is 355 g/mol. The van der Waals surface area contributed by atoms with Crippen molar-refractivity contribution in [1.29, 1.82) is 0 Å². The Morgan fingerprint density at radius 1 is 1.30 bits per heavy atom. The van der Waals surface area contributed by atoms with Gasteiger partial charge in [0.05, 0.1) is 15.2 Å². The molecular formula is C13H15BrClN5. The van der Waals surface area contributed by atoms with Crippen LogP contribution in [0.4, 0.5) is 17.3 Å². The molecule has 0 bridgehead atoms. The molecule has 0 atom stereocenters. The van der Waals surface area contributed by atoms with Gasteiger partial charge in [-0.15, -0.1) is 0 Å². The average Bonchev–Trinajstić information content (AvgIpc) is 2.44. The minimum atomic E-state index is 0.573. The Labute approximate surface area is 131 Å². The summed E-state index contributed by atoms with van der Waals surface area (Å²) in [5, 5.41) is 3.84. The van der Waals surface area contributed by atoms with E-state index in [1.165, 1.54) is 0 Å². The van der Waals surface area contributed by atoms with Crippen molar-refractivity contribution >= 4 is 44.9 Å². The highest BCUT2D eigenvalue weighted by Crippen LogP contribution is 2.32. The predicted molar refractivity (Wildman–Crippen MR) is 86.3 cm³/mol. The molecule has 5 nitrogen and oxygen atoms in total. The van der Waals surface area contributed by atoms with Crippen molar-refractivity contribution in [3.05, 3.63) is 39.6 Å². The van der Waals surface area contributed by atoms with Gasteiger partial charge >= 0.3 is 0 Å². The number of nitrogen functional groups attached to an aromatic ring is 1. The van der Waals surface area contributed by atoms with Crippen molar-refractivity contribution in [2.45, 2.75) is 19.8 Å². The first-order valence-corrected chi connectivity index (χ1v) is 7.36. The second kappa shape index (κ2) is 6.88. The van der Waals surface area contributed by atoms with Gasteiger partial charge in [-0.1, -0.05) is 24.6 Å². The number of hydrogen-bond acceptors (Lipinski definition) is 5. The lowest BCUT2D eigenvalue weighted by Crippen LogP contribution is -2.11. The maximum absolute atomic E-state index is 6.07. The van der Waals surface area contributed by atoms with Crippen molar-refractivity contribution in [3.8, 4) is 0 Å². The summed E-state index contributed by atoms with van der Waals surface area (Å²) in [4.78, 5) is 8.75. The minimum Gasteiger partial charge on any atom is -0.339 e. The molecule has 0 amide bonds. The molecule has 2 rings (SSSR count). The van der Waals surface area contributed by atoms with Crippen molar-refractivity contribution in [2.24, 2.45) is 5.84 Å². The molecule has 1 aromatic heterocycles. The third-order valence-corrected chi connectivity index (χ3v) is 4.01. The second-order valence-corrected chi connectivity index (χ2v) is 5.38. The minimum absolute atomic E-state index is 0.573. The van der Waals surface area contributed by atoms with E-state index in [1.807, 2.05) is 18.2 Å². The Morgan fingerprint density at radius 2 is 2.05 bits per heavy atom. The molecule has 0 aliphatic heterocycles. The van der Waals surface area contributed by atoms with E-state index < -0.39 is 0 Å². The van der Waals surface area contributed by atoms with E-state index in [4.69, 9.17) is 17.4 Å². The summed E-state index contributed by atoms with van der Waals surface area (Å²) in [5.41, 5.74) is 3.38. The summed E-state index contributed by atoms with van der Waals surface area (Å²) < 4.78 is 0.791. The van der Waals surface area contributed by atoms with Crippen LogP contribution in [0.15, 0.2) is 28.7 Å². The van der Waals surface area contributed by atoms with Gasteiger partial charge in [-0.05, 0) is 34.5 Å². The van der Waals surface area contributed by atoms with Gasteiger partial charge in [0, 0.05) is 12.5 Å². The molecule has 1 aromatic carbocycles. The lowest BCUT2D eigenvalue weighted by Gasteiger charge is -2.11. The average molecular weight is 357 g/mol. The lowest BCUT2D eigenvalue weighted by molar-refractivity contribution is 0.837. The van der Waals surface area contributed by atoms with E-state index >= 15 is 0 Å². The first-order valence-electron chi connectivity index (χ1n) is 6.19. The zero-order valence-electron chi connectivity index (χ0n) is 11.0. The summed E-state index contributed by atoms with van der Waals surface area (Å²) in [7, 11) is 0. The molecule has 0 aliphatic carbocycles. The van der Waals surface area contributed by atoms with E-state index in [1.54, 1.807) is 6.07 Å². The number of nitrogens with two attached hydrogens (primary N) is 1. The first-order chi connectivity index (χ1) is 9.63. The van der Waals surface area contributed by atoms with Gasteiger partial charge < -0.3 is 10.7 Å². The number of hydrazine groups is 1. The molecule has 106 valence electrons. The van der Waals surface area contributed by atoms with Crippen molar-refractivity contribution < 1.29 is 0 Å². The topological polar surface area (TPSA) is 75.9 Å². The van der Waals surface area contributed by atoms with E-state index in [0.717, 1.165) is 28.8 Å². The summed E-state index contributed by atoms with van der Waals surface area (Å²) in [6.45, 7) is 2.08.